The molecule has 0 aliphatic heterocycles. The molecule has 0 fully saturated rings. The second-order valence-electron chi connectivity index (χ2n) is 6.40. The van der Waals surface area contributed by atoms with Crippen LogP contribution in [0.15, 0.2) is 47.8 Å². The highest BCUT2D eigenvalue weighted by molar-refractivity contribution is 7.15. The van der Waals surface area contributed by atoms with Gasteiger partial charge in [-0.1, -0.05) is 12.1 Å². The molecule has 0 spiro atoms. The van der Waals surface area contributed by atoms with Gasteiger partial charge in [0.2, 0.25) is 0 Å². The van der Waals surface area contributed by atoms with Crippen LogP contribution in [0.1, 0.15) is 11.3 Å². The molecule has 0 radical (unpaired) electrons. The van der Waals surface area contributed by atoms with E-state index in [1.165, 1.54) is 0 Å². The molecule has 28 heavy (non-hydrogen) atoms. The van der Waals surface area contributed by atoms with Gasteiger partial charge >= 0.3 is 0 Å². The lowest BCUT2D eigenvalue weighted by molar-refractivity contribution is 0.412. The average molecular weight is 389 g/mol. The van der Waals surface area contributed by atoms with Crippen LogP contribution in [0.3, 0.4) is 0 Å². The summed E-state index contributed by atoms with van der Waals surface area (Å²) in [7, 11) is 3.32. The minimum Gasteiger partial charge on any atom is -0.497 e. The minimum atomic E-state index is 0.273. The Labute approximate surface area is 167 Å². The molecule has 0 bridgehead atoms. The lowest BCUT2D eigenvalue weighted by Gasteiger charge is -2.08. The Balaban J connectivity index is 1.92. The molecule has 2 aromatic carbocycles. The molecule has 0 N–H and O–H groups in total. The van der Waals surface area contributed by atoms with Crippen molar-refractivity contribution in [2.75, 3.05) is 14.2 Å². The zero-order chi connectivity index (χ0) is 19.7. The third-order valence-electron chi connectivity index (χ3n) is 4.74. The molecule has 0 saturated carbocycles. The highest BCUT2D eigenvalue weighted by atomic mass is 32.1. The van der Waals surface area contributed by atoms with E-state index in [-0.39, 0.29) is 6.42 Å². The highest BCUT2D eigenvalue weighted by Crippen LogP contribution is 2.35. The van der Waals surface area contributed by atoms with Crippen LogP contribution in [0, 0.1) is 18.3 Å². The van der Waals surface area contributed by atoms with Crippen LogP contribution in [0.2, 0.25) is 0 Å². The second-order valence-corrected chi connectivity index (χ2v) is 7.23. The van der Waals surface area contributed by atoms with Gasteiger partial charge in [-0.25, -0.2) is 4.98 Å². The van der Waals surface area contributed by atoms with Crippen LogP contribution in [0.25, 0.3) is 27.5 Å². The van der Waals surface area contributed by atoms with E-state index in [0.29, 0.717) is 0 Å². The maximum Gasteiger partial charge on any atom is 0.194 e. The number of fused-ring (bicyclic) bond motifs is 1. The number of hydrogen-bond acceptors (Lipinski definition) is 5. The van der Waals surface area contributed by atoms with Gasteiger partial charge in [-0.3, -0.25) is 4.40 Å². The fourth-order valence-corrected chi connectivity index (χ4v) is 4.31. The van der Waals surface area contributed by atoms with Gasteiger partial charge in [-0.2, -0.15) is 5.26 Å². The van der Waals surface area contributed by atoms with E-state index in [1.54, 1.807) is 25.6 Å². The molecule has 5 nitrogen and oxygen atoms in total. The maximum atomic E-state index is 9.46. The van der Waals surface area contributed by atoms with Crippen molar-refractivity contribution in [1.82, 2.24) is 9.38 Å². The van der Waals surface area contributed by atoms with Crippen molar-refractivity contribution in [2.24, 2.45) is 0 Å². The number of aromatic nitrogens is 2. The number of imidazole rings is 1. The summed E-state index contributed by atoms with van der Waals surface area (Å²) in [4.78, 5) is 5.71. The molecule has 4 rings (SSSR count). The third-order valence-corrected chi connectivity index (χ3v) is 5.56. The third kappa shape index (κ3) is 3.00. The summed E-state index contributed by atoms with van der Waals surface area (Å²) in [6.07, 6.45) is 0.273. The zero-order valence-electron chi connectivity index (χ0n) is 15.9. The van der Waals surface area contributed by atoms with Crippen molar-refractivity contribution in [3.05, 3.63) is 59.1 Å². The van der Waals surface area contributed by atoms with E-state index in [0.717, 1.165) is 50.2 Å². The van der Waals surface area contributed by atoms with Crippen molar-refractivity contribution in [2.45, 2.75) is 13.3 Å². The zero-order valence-corrected chi connectivity index (χ0v) is 16.7. The number of benzene rings is 2. The summed E-state index contributed by atoms with van der Waals surface area (Å²) < 4.78 is 12.8. The van der Waals surface area contributed by atoms with Gasteiger partial charge in [-0.05, 0) is 42.8 Å². The molecule has 6 heteroatoms. The van der Waals surface area contributed by atoms with Crippen LogP contribution in [0.4, 0.5) is 0 Å². The average Bonchev–Trinajstić information content (AvgIpc) is 3.28. The monoisotopic (exact) mass is 389 g/mol. The number of hydrogen-bond donors (Lipinski definition) is 0. The van der Waals surface area contributed by atoms with Crippen LogP contribution >= 0.6 is 11.3 Å². The fraction of sp³-hybridized carbons (Fsp3) is 0.182. The number of aryl methyl sites for hydroxylation is 1. The summed E-state index contributed by atoms with van der Waals surface area (Å²) in [5.74, 6) is 1.63. The first-order valence-corrected chi connectivity index (χ1v) is 9.69. The maximum absolute atomic E-state index is 9.46. The molecular formula is C22H19N3O2S. The molecule has 0 unspecified atom stereocenters. The van der Waals surface area contributed by atoms with E-state index in [1.807, 2.05) is 43.3 Å². The number of rotatable bonds is 5. The van der Waals surface area contributed by atoms with Crippen molar-refractivity contribution >= 4 is 16.3 Å². The Bertz CT molecular complexity index is 1200. The van der Waals surface area contributed by atoms with Gasteiger partial charge in [0.05, 0.1) is 43.8 Å². The predicted molar refractivity (Wildman–Crippen MR) is 111 cm³/mol. The molecule has 0 aliphatic carbocycles. The van der Waals surface area contributed by atoms with Crippen LogP contribution in [0.5, 0.6) is 11.5 Å². The van der Waals surface area contributed by atoms with Gasteiger partial charge < -0.3 is 9.47 Å². The Morgan fingerprint density at radius 3 is 2.68 bits per heavy atom. The standard InChI is InChI=1S/C22H19N3O2S/c1-14-11-16(7-8-20(14)27-3)21-18(9-10-23)25-19(13-28-22(25)24-21)15-5-4-6-17(12-15)26-2/h4-8,11-13H,9H2,1-3H3. The smallest absolute Gasteiger partial charge is 0.194 e. The van der Waals surface area contributed by atoms with E-state index >= 15 is 0 Å². The minimum absolute atomic E-state index is 0.273. The molecule has 140 valence electrons. The predicted octanol–water partition coefficient (Wildman–Crippen LogP) is 5.12. The number of nitrogens with zero attached hydrogens (tertiary/aromatic N) is 3. The summed E-state index contributed by atoms with van der Waals surface area (Å²) in [5, 5.41) is 11.5. The summed E-state index contributed by atoms with van der Waals surface area (Å²) in [5.41, 5.74) is 5.78. The molecule has 0 aliphatic rings. The fourth-order valence-electron chi connectivity index (χ4n) is 3.39. The molecule has 0 atom stereocenters. The molecule has 4 aromatic rings. The molecule has 0 saturated heterocycles. The van der Waals surface area contributed by atoms with Gasteiger partial charge in [0.25, 0.3) is 0 Å². The van der Waals surface area contributed by atoms with Gasteiger partial charge in [0.15, 0.2) is 4.96 Å². The van der Waals surface area contributed by atoms with Gasteiger partial charge in [-0.15, -0.1) is 11.3 Å². The number of methoxy groups -OCH3 is 2. The van der Waals surface area contributed by atoms with Crippen molar-refractivity contribution < 1.29 is 9.47 Å². The van der Waals surface area contributed by atoms with Gasteiger partial charge in [0.1, 0.15) is 11.5 Å². The summed E-state index contributed by atoms with van der Waals surface area (Å²) >= 11 is 1.57. The topological polar surface area (TPSA) is 59.5 Å². The molecule has 0 amide bonds. The van der Waals surface area contributed by atoms with Crippen LogP contribution in [-0.4, -0.2) is 23.6 Å². The Hall–Kier alpha value is -3.30. The Morgan fingerprint density at radius 2 is 1.96 bits per heavy atom. The first-order chi connectivity index (χ1) is 13.7. The number of thiazole rings is 1. The normalized spacial score (nSPS) is 10.8. The lowest BCUT2D eigenvalue weighted by atomic mass is 10.1. The van der Waals surface area contributed by atoms with E-state index in [4.69, 9.17) is 14.5 Å². The summed E-state index contributed by atoms with van der Waals surface area (Å²) in [6.45, 7) is 2.01. The van der Waals surface area contributed by atoms with Crippen molar-refractivity contribution in [3.63, 3.8) is 0 Å². The number of ether oxygens (including phenoxy) is 2. The molecule has 2 heterocycles. The van der Waals surface area contributed by atoms with Crippen molar-refractivity contribution in [3.8, 4) is 40.1 Å². The van der Waals surface area contributed by atoms with Gasteiger partial charge in [0, 0.05) is 16.5 Å². The van der Waals surface area contributed by atoms with Crippen molar-refractivity contribution in [1.29, 1.82) is 5.26 Å². The van der Waals surface area contributed by atoms with Crippen LogP contribution in [-0.2, 0) is 6.42 Å². The lowest BCUT2D eigenvalue weighted by Crippen LogP contribution is -1.96. The highest BCUT2D eigenvalue weighted by Gasteiger charge is 2.19. The largest absolute Gasteiger partial charge is 0.497 e. The molecule has 2 aromatic heterocycles. The first kappa shape index (κ1) is 18.1. The van der Waals surface area contributed by atoms with E-state index in [9.17, 15) is 5.26 Å². The Kier molecular flexibility index (Phi) is 4.76. The first-order valence-electron chi connectivity index (χ1n) is 8.81. The van der Waals surface area contributed by atoms with Crippen LogP contribution < -0.4 is 9.47 Å². The number of nitriles is 1. The second kappa shape index (κ2) is 7.37. The van der Waals surface area contributed by atoms with E-state index in [2.05, 4.69) is 21.9 Å². The summed E-state index contributed by atoms with van der Waals surface area (Å²) in [6, 6.07) is 16.2. The van der Waals surface area contributed by atoms with E-state index < -0.39 is 0 Å². The SMILES string of the molecule is COc1cccc(-c2csc3nc(-c4ccc(OC)c(C)c4)c(CC#N)n23)c1. The Morgan fingerprint density at radius 1 is 1.11 bits per heavy atom. The quantitative estimate of drug-likeness (QED) is 0.475. The molecular weight excluding hydrogens is 370 g/mol.